The molecule has 0 unspecified atom stereocenters. The zero-order chi connectivity index (χ0) is 16.4. The highest BCUT2D eigenvalue weighted by Gasteiger charge is 2.42. The highest BCUT2D eigenvalue weighted by molar-refractivity contribution is 7.09. The van der Waals surface area contributed by atoms with Gasteiger partial charge in [0.15, 0.2) is 0 Å². The lowest BCUT2D eigenvalue weighted by Crippen LogP contribution is -2.50. The molecule has 128 valence electrons. The average Bonchev–Trinajstić information content (AvgIpc) is 3.21. The van der Waals surface area contributed by atoms with Crippen LogP contribution in [0.4, 0.5) is 5.95 Å². The maximum absolute atomic E-state index is 6.14. The number of nitrogens with one attached hydrogen (secondary N) is 1. The zero-order valence-corrected chi connectivity index (χ0v) is 14.7. The van der Waals surface area contributed by atoms with Crippen LogP contribution in [0.1, 0.15) is 23.5 Å². The summed E-state index contributed by atoms with van der Waals surface area (Å²) in [4.78, 5) is 15.7. The SMILES string of the molecule is Cc1nc(CN2CCO[C@@H]3[C@@H](CNc4ncccn4)CC[C@H]32)cs1. The van der Waals surface area contributed by atoms with Gasteiger partial charge in [0.1, 0.15) is 0 Å². The first kappa shape index (κ1) is 15.9. The molecular weight excluding hydrogens is 322 g/mol. The molecule has 4 rings (SSSR count). The van der Waals surface area contributed by atoms with Gasteiger partial charge in [-0.25, -0.2) is 15.0 Å². The van der Waals surface area contributed by atoms with Crippen LogP contribution in [-0.2, 0) is 11.3 Å². The van der Waals surface area contributed by atoms with Crippen molar-refractivity contribution in [2.24, 2.45) is 5.92 Å². The Balaban J connectivity index is 1.37. The number of aryl methyl sites for hydroxylation is 1. The Morgan fingerprint density at radius 1 is 1.33 bits per heavy atom. The fourth-order valence-corrected chi connectivity index (χ4v) is 4.46. The lowest BCUT2D eigenvalue weighted by Gasteiger charge is -2.39. The van der Waals surface area contributed by atoms with E-state index in [0.29, 0.717) is 24.0 Å². The van der Waals surface area contributed by atoms with Gasteiger partial charge in [0, 0.05) is 49.4 Å². The molecule has 1 saturated heterocycles. The van der Waals surface area contributed by atoms with Crippen LogP contribution in [0.3, 0.4) is 0 Å². The van der Waals surface area contributed by atoms with Crippen molar-refractivity contribution in [1.29, 1.82) is 0 Å². The third-order valence-electron chi connectivity index (χ3n) is 4.95. The summed E-state index contributed by atoms with van der Waals surface area (Å²) in [6, 6.07) is 2.34. The van der Waals surface area contributed by atoms with Crippen LogP contribution in [-0.4, -0.2) is 51.7 Å². The van der Waals surface area contributed by atoms with E-state index >= 15 is 0 Å². The standard InChI is InChI=1S/C17H23N5OS/c1-12-21-14(11-24-12)10-22-7-8-23-16-13(3-4-15(16)22)9-20-17-18-5-2-6-19-17/h2,5-6,11,13,15-16H,3-4,7-10H2,1H3,(H,18,19,20)/t13-,15-,16-/m1/s1. The second kappa shape index (κ2) is 7.13. The van der Waals surface area contributed by atoms with Crippen LogP contribution in [0.2, 0.25) is 0 Å². The summed E-state index contributed by atoms with van der Waals surface area (Å²) in [7, 11) is 0. The zero-order valence-electron chi connectivity index (χ0n) is 13.9. The lowest BCUT2D eigenvalue weighted by molar-refractivity contribution is -0.0748. The summed E-state index contributed by atoms with van der Waals surface area (Å²) in [6.45, 7) is 5.69. The van der Waals surface area contributed by atoms with Crippen molar-refractivity contribution in [3.05, 3.63) is 34.5 Å². The summed E-state index contributed by atoms with van der Waals surface area (Å²) in [5.41, 5.74) is 1.19. The second-order valence-corrected chi connectivity index (χ2v) is 7.58. The molecule has 1 aliphatic carbocycles. The largest absolute Gasteiger partial charge is 0.375 e. The molecule has 1 saturated carbocycles. The molecule has 0 radical (unpaired) electrons. The number of nitrogens with zero attached hydrogens (tertiary/aromatic N) is 4. The van der Waals surface area contributed by atoms with E-state index in [4.69, 9.17) is 4.74 Å². The number of rotatable bonds is 5. The van der Waals surface area contributed by atoms with Gasteiger partial charge in [0.05, 0.1) is 23.4 Å². The highest BCUT2D eigenvalue weighted by atomic mass is 32.1. The van der Waals surface area contributed by atoms with Crippen molar-refractivity contribution < 1.29 is 4.74 Å². The van der Waals surface area contributed by atoms with E-state index in [-0.39, 0.29) is 0 Å². The molecule has 3 heterocycles. The molecule has 2 aromatic heterocycles. The monoisotopic (exact) mass is 345 g/mol. The van der Waals surface area contributed by atoms with Crippen LogP contribution in [0.25, 0.3) is 0 Å². The lowest BCUT2D eigenvalue weighted by atomic mass is 10.0. The molecule has 2 aliphatic rings. The first-order chi connectivity index (χ1) is 11.8. The molecule has 2 aromatic rings. The maximum atomic E-state index is 6.14. The van der Waals surface area contributed by atoms with Gasteiger partial charge in [-0.1, -0.05) is 0 Å². The number of fused-ring (bicyclic) bond motifs is 1. The van der Waals surface area contributed by atoms with E-state index in [1.165, 1.54) is 18.5 Å². The minimum Gasteiger partial charge on any atom is -0.375 e. The normalized spacial score (nSPS) is 27.1. The first-order valence-corrected chi connectivity index (χ1v) is 9.45. The minimum absolute atomic E-state index is 0.301. The molecule has 7 heteroatoms. The van der Waals surface area contributed by atoms with Crippen LogP contribution >= 0.6 is 11.3 Å². The third-order valence-corrected chi connectivity index (χ3v) is 5.78. The molecule has 2 fully saturated rings. The predicted octanol–water partition coefficient (Wildman–Crippen LogP) is 2.33. The topological polar surface area (TPSA) is 63.2 Å². The van der Waals surface area contributed by atoms with Crippen molar-refractivity contribution in [2.45, 2.75) is 38.5 Å². The molecular formula is C17H23N5OS. The van der Waals surface area contributed by atoms with Gasteiger partial charge >= 0.3 is 0 Å². The minimum atomic E-state index is 0.301. The smallest absolute Gasteiger partial charge is 0.222 e. The van der Waals surface area contributed by atoms with Crippen LogP contribution in [0.5, 0.6) is 0 Å². The molecule has 0 amide bonds. The second-order valence-electron chi connectivity index (χ2n) is 6.52. The van der Waals surface area contributed by atoms with Crippen molar-refractivity contribution in [3.63, 3.8) is 0 Å². The molecule has 0 spiro atoms. The van der Waals surface area contributed by atoms with Crippen molar-refractivity contribution in [1.82, 2.24) is 19.9 Å². The predicted molar refractivity (Wildman–Crippen MR) is 94.0 cm³/mol. The number of anilines is 1. The van der Waals surface area contributed by atoms with Gasteiger partial charge < -0.3 is 10.1 Å². The van der Waals surface area contributed by atoms with E-state index in [1.807, 2.05) is 6.07 Å². The number of aromatic nitrogens is 3. The summed E-state index contributed by atoms with van der Waals surface area (Å²) < 4.78 is 6.14. The van der Waals surface area contributed by atoms with Gasteiger partial charge in [-0.15, -0.1) is 11.3 Å². The number of hydrogen-bond donors (Lipinski definition) is 1. The van der Waals surface area contributed by atoms with E-state index in [2.05, 4.69) is 37.5 Å². The summed E-state index contributed by atoms with van der Waals surface area (Å²) in [5.74, 6) is 1.21. The van der Waals surface area contributed by atoms with Crippen LogP contribution in [0.15, 0.2) is 23.8 Å². The Hall–Kier alpha value is -1.57. The Morgan fingerprint density at radius 3 is 3.00 bits per heavy atom. The molecule has 0 bridgehead atoms. The number of morpholine rings is 1. The number of ether oxygens (including phenoxy) is 1. The van der Waals surface area contributed by atoms with E-state index in [0.717, 1.165) is 31.2 Å². The van der Waals surface area contributed by atoms with Crippen molar-refractivity contribution in [3.8, 4) is 0 Å². The molecule has 3 atom stereocenters. The van der Waals surface area contributed by atoms with Gasteiger partial charge in [0.25, 0.3) is 0 Å². The first-order valence-electron chi connectivity index (χ1n) is 8.57. The molecule has 6 nitrogen and oxygen atoms in total. The fraction of sp³-hybridized carbons (Fsp3) is 0.588. The maximum Gasteiger partial charge on any atom is 0.222 e. The summed E-state index contributed by atoms with van der Waals surface area (Å²) >= 11 is 1.73. The van der Waals surface area contributed by atoms with Crippen LogP contribution < -0.4 is 5.32 Å². The molecule has 1 N–H and O–H groups in total. The molecule has 1 aliphatic heterocycles. The Kier molecular flexibility index (Phi) is 4.73. The summed E-state index contributed by atoms with van der Waals surface area (Å²) in [5, 5.41) is 6.68. The Bertz CT molecular complexity index is 664. The number of thiazole rings is 1. The van der Waals surface area contributed by atoms with Crippen LogP contribution in [0, 0.1) is 12.8 Å². The van der Waals surface area contributed by atoms with Crippen molar-refractivity contribution in [2.75, 3.05) is 25.0 Å². The Labute approximate surface area is 146 Å². The Morgan fingerprint density at radius 2 is 2.21 bits per heavy atom. The van der Waals surface area contributed by atoms with Gasteiger partial charge in [-0.3, -0.25) is 4.90 Å². The third kappa shape index (κ3) is 3.43. The highest BCUT2D eigenvalue weighted by Crippen LogP contribution is 2.35. The average molecular weight is 345 g/mol. The molecule has 24 heavy (non-hydrogen) atoms. The molecule has 0 aromatic carbocycles. The van der Waals surface area contributed by atoms with Gasteiger partial charge in [-0.2, -0.15) is 0 Å². The van der Waals surface area contributed by atoms with E-state index in [9.17, 15) is 0 Å². The quantitative estimate of drug-likeness (QED) is 0.897. The summed E-state index contributed by atoms with van der Waals surface area (Å²) in [6.07, 6.45) is 6.20. The van der Waals surface area contributed by atoms with Gasteiger partial charge in [-0.05, 0) is 25.8 Å². The van der Waals surface area contributed by atoms with E-state index in [1.54, 1.807) is 23.7 Å². The van der Waals surface area contributed by atoms with E-state index < -0.39 is 0 Å². The fourth-order valence-electron chi connectivity index (χ4n) is 3.85. The van der Waals surface area contributed by atoms with Gasteiger partial charge in [0.2, 0.25) is 5.95 Å². The number of hydrogen-bond acceptors (Lipinski definition) is 7. The van der Waals surface area contributed by atoms with Crippen molar-refractivity contribution >= 4 is 17.3 Å².